The van der Waals surface area contributed by atoms with E-state index in [2.05, 4.69) is 5.32 Å². The van der Waals surface area contributed by atoms with Gasteiger partial charge in [-0.2, -0.15) is 0 Å². The van der Waals surface area contributed by atoms with E-state index < -0.39 is 11.9 Å². The predicted octanol–water partition coefficient (Wildman–Crippen LogP) is 4.54. The molecule has 23 heavy (non-hydrogen) atoms. The first kappa shape index (κ1) is 17.0. The van der Waals surface area contributed by atoms with E-state index >= 15 is 0 Å². The Bertz CT molecular complexity index is 716. The van der Waals surface area contributed by atoms with E-state index in [1.807, 2.05) is 49.4 Å². The number of anilines is 1. The maximum absolute atomic E-state index is 11.2. The van der Waals surface area contributed by atoms with E-state index in [9.17, 15) is 4.79 Å². The highest BCUT2D eigenvalue weighted by Crippen LogP contribution is 2.30. The number of aryl methyl sites for hydroxylation is 1. The molecule has 0 fully saturated rings. The number of carboxylic acids is 1. The molecule has 2 aromatic rings. The van der Waals surface area contributed by atoms with Crippen molar-refractivity contribution in [1.29, 1.82) is 5.41 Å². The minimum atomic E-state index is -1.20. The molecule has 0 amide bonds. The van der Waals surface area contributed by atoms with Gasteiger partial charge in [-0.05, 0) is 36.2 Å². The molecule has 2 aromatic carbocycles. The number of halogens is 1. The molecule has 3 N–H and O–H groups in total. The number of aliphatic carboxylic acids is 1. The molecule has 0 saturated carbocycles. The fraction of sp³-hybridized carbons (Fsp3) is 0.222. The molecular weight excluding hydrogens is 312 g/mol. The Morgan fingerprint density at radius 1 is 1.22 bits per heavy atom. The highest BCUT2D eigenvalue weighted by atomic mass is 35.5. The fourth-order valence-corrected chi connectivity index (χ4v) is 2.70. The van der Waals surface area contributed by atoms with E-state index in [0.717, 1.165) is 16.8 Å². The first-order chi connectivity index (χ1) is 10.9. The third-order valence-corrected chi connectivity index (χ3v) is 4.08. The van der Waals surface area contributed by atoms with Crippen molar-refractivity contribution in [2.24, 2.45) is 5.92 Å². The molecule has 0 aliphatic carbocycles. The molecule has 4 nitrogen and oxygen atoms in total. The summed E-state index contributed by atoms with van der Waals surface area (Å²) in [5.41, 5.74) is 2.44. The van der Waals surface area contributed by atoms with Gasteiger partial charge in [-0.3, -0.25) is 5.41 Å². The molecule has 0 aliphatic rings. The lowest BCUT2D eigenvalue weighted by Crippen LogP contribution is -2.30. The molecule has 0 heterocycles. The van der Waals surface area contributed by atoms with Crippen molar-refractivity contribution in [2.75, 3.05) is 5.32 Å². The van der Waals surface area contributed by atoms with Crippen LogP contribution in [0.2, 0.25) is 5.02 Å². The van der Waals surface area contributed by atoms with E-state index in [1.165, 1.54) is 0 Å². The number of nitrogens with one attached hydrogen (secondary N) is 2. The summed E-state index contributed by atoms with van der Waals surface area (Å²) in [5.74, 6) is -1.70. The van der Waals surface area contributed by atoms with Gasteiger partial charge >= 0.3 is 5.97 Å². The molecule has 2 rings (SSSR count). The zero-order chi connectivity index (χ0) is 17.0. The molecule has 0 saturated heterocycles. The standard InChI is InChI=1S/C18H19ClN2O2/c1-11-10-14(19)8-9-15(11)21-17(12(2)16(20)18(22)23)13-6-4-3-5-7-13/h3-10,12,17,20-21H,1-2H3,(H,22,23)/t12-,17?/m1/s1. The SMILES string of the molecule is Cc1cc(Cl)ccc1NC(c1ccccc1)[C@H](C)C(=N)C(=O)O. The van der Waals surface area contributed by atoms with Crippen LogP contribution in [-0.2, 0) is 4.79 Å². The molecule has 2 atom stereocenters. The van der Waals surface area contributed by atoms with Gasteiger partial charge in [0.15, 0.2) is 0 Å². The van der Waals surface area contributed by atoms with Crippen molar-refractivity contribution in [2.45, 2.75) is 19.9 Å². The summed E-state index contributed by atoms with van der Waals surface area (Å²) in [7, 11) is 0. The van der Waals surface area contributed by atoms with Crippen LogP contribution in [0.15, 0.2) is 48.5 Å². The quantitative estimate of drug-likeness (QED) is 0.681. The molecule has 120 valence electrons. The third-order valence-electron chi connectivity index (χ3n) is 3.84. The number of rotatable bonds is 6. The second kappa shape index (κ2) is 7.29. The van der Waals surface area contributed by atoms with Crippen molar-refractivity contribution in [3.63, 3.8) is 0 Å². The maximum atomic E-state index is 11.2. The van der Waals surface area contributed by atoms with Crippen LogP contribution in [-0.4, -0.2) is 16.8 Å². The lowest BCUT2D eigenvalue weighted by atomic mass is 9.90. The zero-order valence-electron chi connectivity index (χ0n) is 13.0. The van der Waals surface area contributed by atoms with Gasteiger partial charge in [0.25, 0.3) is 0 Å². The Morgan fingerprint density at radius 2 is 1.87 bits per heavy atom. The minimum Gasteiger partial charge on any atom is -0.477 e. The number of carboxylic acid groups (broad SMARTS) is 1. The average Bonchev–Trinajstić information content (AvgIpc) is 2.53. The number of hydrogen-bond donors (Lipinski definition) is 3. The smallest absolute Gasteiger partial charge is 0.349 e. The Balaban J connectivity index is 2.37. The van der Waals surface area contributed by atoms with Crippen LogP contribution in [0.4, 0.5) is 5.69 Å². The summed E-state index contributed by atoms with van der Waals surface area (Å²) in [6, 6.07) is 14.7. The first-order valence-electron chi connectivity index (χ1n) is 7.29. The topological polar surface area (TPSA) is 73.2 Å². The van der Waals surface area contributed by atoms with Crippen molar-refractivity contribution >= 4 is 29.0 Å². The summed E-state index contributed by atoms with van der Waals surface area (Å²) in [4.78, 5) is 11.2. The Labute approximate surface area is 140 Å². The van der Waals surface area contributed by atoms with Crippen molar-refractivity contribution in [3.05, 3.63) is 64.7 Å². The number of benzene rings is 2. The van der Waals surface area contributed by atoms with Crippen molar-refractivity contribution in [3.8, 4) is 0 Å². The Morgan fingerprint density at radius 3 is 2.43 bits per heavy atom. The van der Waals surface area contributed by atoms with Gasteiger partial charge in [0.05, 0.1) is 6.04 Å². The molecule has 0 aliphatic heterocycles. The molecule has 0 bridgehead atoms. The van der Waals surface area contributed by atoms with Gasteiger partial charge < -0.3 is 10.4 Å². The highest BCUT2D eigenvalue weighted by molar-refractivity contribution is 6.35. The summed E-state index contributed by atoms with van der Waals surface area (Å²) >= 11 is 5.99. The normalized spacial score (nSPS) is 13.2. The van der Waals surface area contributed by atoms with E-state index in [0.29, 0.717) is 5.02 Å². The summed E-state index contributed by atoms with van der Waals surface area (Å²) in [5, 5.41) is 21.0. The van der Waals surface area contributed by atoms with E-state index in [4.69, 9.17) is 22.1 Å². The molecule has 0 aromatic heterocycles. The second-order valence-electron chi connectivity index (χ2n) is 5.50. The summed E-state index contributed by atoms with van der Waals surface area (Å²) in [6.07, 6.45) is 0. The molecule has 1 unspecified atom stereocenters. The van der Waals surface area contributed by atoms with Crippen LogP contribution in [0.5, 0.6) is 0 Å². The monoisotopic (exact) mass is 330 g/mol. The molecule has 0 radical (unpaired) electrons. The minimum absolute atomic E-state index is 0.320. The lowest BCUT2D eigenvalue weighted by molar-refractivity contribution is -0.129. The van der Waals surface area contributed by atoms with Crippen LogP contribution in [0.1, 0.15) is 24.1 Å². The van der Waals surface area contributed by atoms with Crippen molar-refractivity contribution in [1.82, 2.24) is 0 Å². The van der Waals surface area contributed by atoms with Gasteiger partial charge in [0, 0.05) is 16.6 Å². The largest absolute Gasteiger partial charge is 0.477 e. The van der Waals surface area contributed by atoms with E-state index in [-0.39, 0.29) is 11.8 Å². The molecular formula is C18H19ClN2O2. The third kappa shape index (κ3) is 4.11. The van der Waals surface area contributed by atoms with E-state index in [1.54, 1.807) is 13.0 Å². The highest BCUT2D eigenvalue weighted by Gasteiger charge is 2.27. The first-order valence-corrected chi connectivity index (χ1v) is 7.67. The average molecular weight is 331 g/mol. The second-order valence-corrected chi connectivity index (χ2v) is 5.94. The predicted molar refractivity (Wildman–Crippen MR) is 93.5 cm³/mol. The van der Waals surface area contributed by atoms with Crippen LogP contribution >= 0.6 is 11.6 Å². The maximum Gasteiger partial charge on any atom is 0.349 e. The van der Waals surface area contributed by atoms with Crippen LogP contribution in [0.25, 0.3) is 0 Å². The van der Waals surface area contributed by atoms with Crippen molar-refractivity contribution < 1.29 is 9.90 Å². The molecule has 0 spiro atoms. The summed E-state index contributed by atoms with van der Waals surface area (Å²) < 4.78 is 0. The number of hydrogen-bond acceptors (Lipinski definition) is 3. The van der Waals surface area contributed by atoms with Gasteiger partial charge in [0.1, 0.15) is 5.71 Å². The van der Waals surface area contributed by atoms with Gasteiger partial charge in [-0.1, -0.05) is 48.9 Å². The van der Waals surface area contributed by atoms with Crippen LogP contribution < -0.4 is 5.32 Å². The van der Waals surface area contributed by atoms with Gasteiger partial charge in [0.2, 0.25) is 0 Å². The van der Waals surface area contributed by atoms with Crippen LogP contribution in [0, 0.1) is 18.3 Å². The Kier molecular flexibility index (Phi) is 5.40. The van der Waals surface area contributed by atoms with Crippen LogP contribution in [0.3, 0.4) is 0 Å². The Hall–Kier alpha value is -2.33. The number of carbonyl (C=O) groups is 1. The van der Waals surface area contributed by atoms with Gasteiger partial charge in [-0.25, -0.2) is 4.79 Å². The summed E-state index contributed by atoms with van der Waals surface area (Å²) in [6.45, 7) is 3.68. The van der Waals surface area contributed by atoms with Gasteiger partial charge in [-0.15, -0.1) is 0 Å². The molecule has 5 heteroatoms. The lowest BCUT2D eigenvalue weighted by Gasteiger charge is -2.27. The zero-order valence-corrected chi connectivity index (χ0v) is 13.8. The fourth-order valence-electron chi connectivity index (χ4n) is 2.48.